The van der Waals surface area contributed by atoms with E-state index in [0.717, 1.165) is 17.1 Å². The van der Waals surface area contributed by atoms with Crippen molar-refractivity contribution in [2.45, 2.75) is 20.4 Å². The number of benzene rings is 2. The Morgan fingerprint density at radius 2 is 2.03 bits per heavy atom. The second-order valence-electron chi connectivity index (χ2n) is 7.02. The number of aromatic nitrogens is 2. The molecule has 158 valence electrons. The van der Waals surface area contributed by atoms with Gasteiger partial charge < -0.3 is 24.7 Å². The largest absolute Gasteiger partial charge is 0.493 e. The van der Waals surface area contributed by atoms with Crippen LogP contribution in [0.1, 0.15) is 18.1 Å². The van der Waals surface area contributed by atoms with E-state index in [9.17, 15) is 4.79 Å². The lowest BCUT2D eigenvalue weighted by atomic mass is 10.1. The maximum Gasteiger partial charge on any atom is 0.282 e. The molecule has 0 aliphatic rings. The summed E-state index contributed by atoms with van der Waals surface area (Å²) in [5.74, 6) is 2.41. The molecule has 3 rings (SSSR count). The molecule has 0 aliphatic carbocycles. The number of nitrogens with one attached hydrogen (secondary N) is 2. The Labute approximate surface area is 175 Å². The van der Waals surface area contributed by atoms with E-state index in [1.807, 2.05) is 50.1 Å². The van der Waals surface area contributed by atoms with Crippen LogP contribution in [-0.4, -0.2) is 44.1 Å². The van der Waals surface area contributed by atoms with Crippen LogP contribution in [0.3, 0.4) is 0 Å². The minimum absolute atomic E-state index is 0.311. The summed E-state index contributed by atoms with van der Waals surface area (Å²) >= 11 is 0. The Kier molecular flexibility index (Phi) is 6.25. The van der Waals surface area contributed by atoms with Crippen LogP contribution in [0.25, 0.3) is 10.9 Å². The zero-order valence-corrected chi connectivity index (χ0v) is 18.2. The van der Waals surface area contributed by atoms with Gasteiger partial charge in [0.25, 0.3) is 5.56 Å². The first kappa shape index (κ1) is 21.2. The predicted molar refractivity (Wildman–Crippen MR) is 121 cm³/mol. The van der Waals surface area contributed by atoms with Gasteiger partial charge in [-0.2, -0.15) is 4.98 Å². The first-order chi connectivity index (χ1) is 14.4. The average molecular weight is 409 g/mol. The quantitative estimate of drug-likeness (QED) is 0.479. The Morgan fingerprint density at radius 1 is 1.27 bits per heavy atom. The number of nitrogens with zero attached hydrogens (tertiary/aromatic N) is 3. The highest BCUT2D eigenvalue weighted by Gasteiger charge is 2.17. The maximum atomic E-state index is 12.8. The SMILES string of the molecule is CN=C(C)Nc1cccc(CN(C)c2nc(=O)c3c(C)c(OC)c(OC)cc3[nH]2)c1. The van der Waals surface area contributed by atoms with E-state index in [0.29, 0.717) is 40.5 Å². The first-order valence-electron chi connectivity index (χ1n) is 9.54. The van der Waals surface area contributed by atoms with Gasteiger partial charge in [-0.15, -0.1) is 0 Å². The first-order valence-corrected chi connectivity index (χ1v) is 9.54. The number of hydrogen-bond donors (Lipinski definition) is 2. The number of methoxy groups -OCH3 is 2. The van der Waals surface area contributed by atoms with E-state index in [4.69, 9.17) is 9.47 Å². The van der Waals surface area contributed by atoms with Crippen molar-refractivity contribution in [1.29, 1.82) is 0 Å². The lowest BCUT2D eigenvalue weighted by molar-refractivity contribution is 0.354. The molecule has 0 radical (unpaired) electrons. The van der Waals surface area contributed by atoms with Crippen molar-refractivity contribution in [3.05, 3.63) is 51.8 Å². The lowest BCUT2D eigenvalue weighted by Gasteiger charge is -2.20. The fourth-order valence-electron chi connectivity index (χ4n) is 3.39. The second-order valence-corrected chi connectivity index (χ2v) is 7.02. The standard InChI is InChI=1S/C22H27N5O3/c1-13-19-17(11-18(29-5)20(13)30-6)25-22(26-21(19)28)27(4)12-15-8-7-9-16(10-15)24-14(2)23-3/h7-11H,12H2,1-6H3,(H,23,24)(H,25,26,28). The molecule has 0 amide bonds. The molecule has 8 nitrogen and oxygen atoms in total. The molecule has 1 aromatic heterocycles. The average Bonchev–Trinajstić information content (AvgIpc) is 2.73. The highest BCUT2D eigenvalue weighted by molar-refractivity contribution is 5.93. The number of fused-ring (bicyclic) bond motifs is 1. The van der Waals surface area contributed by atoms with Crippen molar-refractivity contribution in [2.24, 2.45) is 4.99 Å². The summed E-state index contributed by atoms with van der Waals surface area (Å²) in [5.41, 5.74) is 3.06. The van der Waals surface area contributed by atoms with Crippen molar-refractivity contribution >= 4 is 28.4 Å². The van der Waals surface area contributed by atoms with Crippen molar-refractivity contribution in [2.75, 3.05) is 38.5 Å². The monoisotopic (exact) mass is 409 g/mol. The van der Waals surface area contributed by atoms with Crippen LogP contribution in [0.4, 0.5) is 11.6 Å². The van der Waals surface area contributed by atoms with Gasteiger partial charge in [-0.25, -0.2) is 0 Å². The Hall–Kier alpha value is -3.55. The van der Waals surface area contributed by atoms with E-state index < -0.39 is 0 Å². The number of amidine groups is 1. The van der Waals surface area contributed by atoms with Gasteiger partial charge in [0.1, 0.15) is 0 Å². The molecule has 0 unspecified atom stereocenters. The fourth-order valence-corrected chi connectivity index (χ4v) is 3.39. The van der Waals surface area contributed by atoms with Crippen molar-refractivity contribution in [1.82, 2.24) is 9.97 Å². The van der Waals surface area contributed by atoms with Gasteiger partial charge in [-0.05, 0) is 31.5 Å². The molecule has 2 N–H and O–H groups in total. The van der Waals surface area contributed by atoms with Crippen LogP contribution in [0, 0.1) is 6.92 Å². The number of aliphatic imine (C=N–C) groups is 1. The minimum atomic E-state index is -0.311. The normalized spacial score (nSPS) is 11.5. The van der Waals surface area contributed by atoms with Crippen molar-refractivity contribution in [3.8, 4) is 11.5 Å². The second kappa shape index (κ2) is 8.86. The van der Waals surface area contributed by atoms with Gasteiger partial charge >= 0.3 is 0 Å². The molecule has 30 heavy (non-hydrogen) atoms. The topological polar surface area (TPSA) is 91.8 Å². The Balaban J connectivity index is 1.95. The minimum Gasteiger partial charge on any atom is -0.493 e. The molecule has 0 saturated heterocycles. The fraction of sp³-hybridized carbons (Fsp3) is 0.318. The highest BCUT2D eigenvalue weighted by atomic mass is 16.5. The summed E-state index contributed by atoms with van der Waals surface area (Å²) < 4.78 is 10.8. The van der Waals surface area contributed by atoms with Crippen LogP contribution in [0.2, 0.25) is 0 Å². The van der Waals surface area contributed by atoms with E-state index >= 15 is 0 Å². The summed E-state index contributed by atoms with van der Waals surface area (Å²) in [6, 6.07) is 9.79. The molecule has 0 atom stereocenters. The number of anilines is 2. The number of rotatable bonds is 6. The van der Waals surface area contributed by atoms with Crippen molar-refractivity contribution < 1.29 is 9.47 Å². The summed E-state index contributed by atoms with van der Waals surface area (Å²) in [7, 11) is 6.75. The summed E-state index contributed by atoms with van der Waals surface area (Å²) in [4.78, 5) is 26.3. The summed E-state index contributed by atoms with van der Waals surface area (Å²) in [5, 5.41) is 3.73. The molecular weight excluding hydrogens is 382 g/mol. The molecule has 0 fully saturated rings. The molecule has 1 heterocycles. The molecule has 0 saturated carbocycles. The van der Waals surface area contributed by atoms with Gasteiger partial charge in [0.05, 0.1) is 31.0 Å². The predicted octanol–water partition coefficient (Wildman–Crippen LogP) is 3.35. The van der Waals surface area contributed by atoms with E-state index in [-0.39, 0.29) is 5.56 Å². The van der Waals surface area contributed by atoms with Gasteiger partial charge in [0.15, 0.2) is 11.5 Å². The van der Waals surface area contributed by atoms with Crippen LogP contribution < -0.4 is 25.2 Å². The molecule has 3 aromatic rings. The summed E-state index contributed by atoms with van der Waals surface area (Å²) in [6.45, 7) is 4.30. The maximum absolute atomic E-state index is 12.8. The van der Waals surface area contributed by atoms with Crippen LogP contribution in [0.15, 0.2) is 40.1 Å². The summed E-state index contributed by atoms with van der Waals surface area (Å²) in [6.07, 6.45) is 0. The number of hydrogen-bond acceptors (Lipinski definition) is 6. The molecule has 0 spiro atoms. The Bertz CT molecular complexity index is 1150. The highest BCUT2D eigenvalue weighted by Crippen LogP contribution is 2.35. The van der Waals surface area contributed by atoms with Gasteiger partial charge in [-0.1, -0.05) is 12.1 Å². The Morgan fingerprint density at radius 3 is 2.70 bits per heavy atom. The van der Waals surface area contributed by atoms with E-state index in [2.05, 4.69) is 20.3 Å². The van der Waals surface area contributed by atoms with Gasteiger partial charge in [0, 0.05) is 38.0 Å². The number of aromatic amines is 1. The lowest BCUT2D eigenvalue weighted by Crippen LogP contribution is -2.23. The molecule has 0 aliphatic heterocycles. The van der Waals surface area contributed by atoms with E-state index in [1.165, 1.54) is 0 Å². The van der Waals surface area contributed by atoms with Gasteiger partial charge in [-0.3, -0.25) is 9.79 Å². The number of H-pyrrole nitrogens is 1. The third-order valence-electron chi connectivity index (χ3n) is 4.94. The molecule has 2 aromatic carbocycles. The van der Waals surface area contributed by atoms with Crippen LogP contribution in [0.5, 0.6) is 11.5 Å². The molecule has 0 bridgehead atoms. The molecule has 8 heteroatoms. The van der Waals surface area contributed by atoms with Gasteiger partial charge in [0.2, 0.25) is 5.95 Å². The smallest absolute Gasteiger partial charge is 0.282 e. The van der Waals surface area contributed by atoms with E-state index in [1.54, 1.807) is 27.3 Å². The van der Waals surface area contributed by atoms with Crippen molar-refractivity contribution in [3.63, 3.8) is 0 Å². The van der Waals surface area contributed by atoms with Crippen LogP contribution >= 0.6 is 0 Å². The number of aryl methyl sites for hydroxylation is 1. The zero-order chi connectivity index (χ0) is 21.8. The number of ether oxygens (including phenoxy) is 2. The zero-order valence-electron chi connectivity index (χ0n) is 18.2. The third kappa shape index (κ3) is 4.22. The molecular formula is C22H27N5O3. The van der Waals surface area contributed by atoms with Crippen LogP contribution in [-0.2, 0) is 6.54 Å². The third-order valence-corrected chi connectivity index (χ3v) is 4.94.